The van der Waals surface area contributed by atoms with Crippen LogP contribution < -0.4 is 11.1 Å². The first-order valence-corrected chi connectivity index (χ1v) is 3.88. The Morgan fingerprint density at radius 2 is 1.93 bits per heavy atom. The standard InChI is InChI=1S/C7H9F3N2O3/c8-7(9,10)2-1-4(12-3-13)5(14)6(11)15/h3-4H,1-2H2,(H2,11,15)(H,12,13). The van der Waals surface area contributed by atoms with Crippen LogP contribution in [0.1, 0.15) is 12.8 Å². The van der Waals surface area contributed by atoms with E-state index in [4.69, 9.17) is 0 Å². The molecule has 2 amide bonds. The Bertz CT molecular complexity index is 265. The van der Waals surface area contributed by atoms with Crippen molar-refractivity contribution in [3.8, 4) is 0 Å². The number of hydrogen-bond donors (Lipinski definition) is 2. The lowest BCUT2D eigenvalue weighted by molar-refractivity contribution is -0.144. The quantitative estimate of drug-likeness (QED) is 0.472. The van der Waals surface area contributed by atoms with Crippen molar-refractivity contribution in [1.29, 1.82) is 0 Å². The van der Waals surface area contributed by atoms with E-state index in [-0.39, 0.29) is 6.41 Å². The average molecular weight is 226 g/mol. The second-order valence-corrected chi connectivity index (χ2v) is 2.72. The second kappa shape index (κ2) is 5.32. The molecule has 8 heteroatoms. The lowest BCUT2D eigenvalue weighted by Gasteiger charge is -2.13. The second-order valence-electron chi connectivity index (χ2n) is 2.72. The van der Waals surface area contributed by atoms with Gasteiger partial charge in [0.1, 0.15) is 0 Å². The maximum atomic E-state index is 11.8. The molecular weight excluding hydrogens is 217 g/mol. The van der Waals surface area contributed by atoms with Crippen molar-refractivity contribution in [1.82, 2.24) is 5.32 Å². The van der Waals surface area contributed by atoms with Crippen molar-refractivity contribution < 1.29 is 27.6 Å². The summed E-state index contributed by atoms with van der Waals surface area (Å²) in [4.78, 5) is 31.2. The Balaban J connectivity index is 4.34. The number of carbonyl (C=O) groups excluding carboxylic acids is 3. The molecule has 0 aromatic rings. The molecule has 0 bridgehead atoms. The molecule has 0 aliphatic heterocycles. The molecular formula is C7H9F3N2O3. The van der Waals surface area contributed by atoms with Gasteiger partial charge in [-0.2, -0.15) is 13.2 Å². The van der Waals surface area contributed by atoms with E-state index >= 15 is 0 Å². The van der Waals surface area contributed by atoms with Crippen LogP contribution in [0.2, 0.25) is 0 Å². The maximum absolute atomic E-state index is 11.8. The molecule has 0 saturated carbocycles. The summed E-state index contributed by atoms with van der Waals surface area (Å²) in [5.41, 5.74) is 4.58. The zero-order chi connectivity index (χ0) is 12.1. The SMILES string of the molecule is NC(=O)C(=O)C(CCC(F)(F)F)NC=O. The number of nitrogens with one attached hydrogen (secondary N) is 1. The minimum Gasteiger partial charge on any atom is -0.363 e. The topological polar surface area (TPSA) is 89.3 Å². The van der Waals surface area contributed by atoms with Crippen LogP contribution >= 0.6 is 0 Å². The average Bonchev–Trinajstić information content (AvgIpc) is 2.09. The molecule has 0 aromatic heterocycles. The molecule has 15 heavy (non-hydrogen) atoms. The van der Waals surface area contributed by atoms with Crippen molar-refractivity contribution in [2.24, 2.45) is 5.73 Å². The normalized spacial score (nSPS) is 13.0. The van der Waals surface area contributed by atoms with E-state index in [1.807, 2.05) is 0 Å². The van der Waals surface area contributed by atoms with Gasteiger partial charge < -0.3 is 11.1 Å². The number of amides is 2. The molecule has 0 aromatic carbocycles. The van der Waals surface area contributed by atoms with E-state index in [9.17, 15) is 27.6 Å². The van der Waals surface area contributed by atoms with Crippen LogP contribution in [-0.2, 0) is 14.4 Å². The van der Waals surface area contributed by atoms with Gasteiger partial charge in [0.2, 0.25) is 12.2 Å². The van der Waals surface area contributed by atoms with Crippen LogP contribution in [0.15, 0.2) is 0 Å². The van der Waals surface area contributed by atoms with Crippen LogP contribution in [0.25, 0.3) is 0 Å². The summed E-state index contributed by atoms with van der Waals surface area (Å²) in [6.07, 6.45) is -6.40. The van der Waals surface area contributed by atoms with E-state index < -0.39 is 36.8 Å². The van der Waals surface area contributed by atoms with Crippen LogP contribution in [0.3, 0.4) is 0 Å². The van der Waals surface area contributed by atoms with Crippen molar-refractivity contribution in [2.45, 2.75) is 25.1 Å². The number of halogens is 3. The van der Waals surface area contributed by atoms with Crippen LogP contribution in [0.4, 0.5) is 13.2 Å². The van der Waals surface area contributed by atoms with Crippen molar-refractivity contribution >= 4 is 18.1 Å². The van der Waals surface area contributed by atoms with Gasteiger partial charge in [0.05, 0.1) is 6.04 Å². The summed E-state index contributed by atoms with van der Waals surface area (Å²) in [6.45, 7) is 0. The van der Waals surface area contributed by atoms with Crippen LogP contribution in [0.5, 0.6) is 0 Å². The summed E-state index contributed by atoms with van der Waals surface area (Å²) < 4.78 is 35.3. The molecule has 1 atom stereocenters. The minimum absolute atomic E-state index is 0.0435. The van der Waals surface area contributed by atoms with Crippen LogP contribution in [0, 0.1) is 0 Å². The predicted molar refractivity (Wildman–Crippen MR) is 42.5 cm³/mol. The summed E-state index contributed by atoms with van der Waals surface area (Å²) in [7, 11) is 0. The van der Waals surface area contributed by atoms with Gasteiger partial charge in [-0.05, 0) is 6.42 Å². The van der Waals surface area contributed by atoms with Gasteiger partial charge in [0.25, 0.3) is 5.91 Å². The molecule has 0 heterocycles. The molecule has 0 aliphatic rings. The van der Waals surface area contributed by atoms with Crippen molar-refractivity contribution in [2.75, 3.05) is 0 Å². The number of nitrogens with two attached hydrogens (primary N) is 1. The maximum Gasteiger partial charge on any atom is 0.389 e. The first kappa shape index (κ1) is 13.4. The Labute approximate surface area is 82.8 Å². The zero-order valence-electron chi connectivity index (χ0n) is 7.50. The fourth-order valence-electron chi connectivity index (χ4n) is 0.852. The van der Waals surface area contributed by atoms with E-state index in [2.05, 4.69) is 5.73 Å². The summed E-state index contributed by atoms with van der Waals surface area (Å²) in [5, 5.41) is 1.81. The number of rotatable bonds is 6. The molecule has 1 unspecified atom stereocenters. The van der Waals surface area contributed by atoms with Crippen LogP contribution in [-0.4, -0.2) is 30.3 Å². The molecule has 0 radical (unpaired) electrons. The first-order valence-electron chi connectivity index (χ1n) is 3.88. The van der Waals surface area contributed by atoms with Gasteiger partial charge in [-0.25, -0.2) is 0 Å². The number of hydrogen-bond acceptors (Lipinski definition) is 3. The number of primary amides is 1. The molecule has 5 nitrogen and oxygen atoms in total. The lowest BCUT2D eigenvalue weighted by Crippen LogP contribution is -2.43. The Morgan fingerprint density at radius 3 is 2.27 bits per heavy atom. The monoisotopic (exact) mass is 226 g/mol. The Kier molecular flexibility index (Phi) is 4.75. The summed E-state index contributed by atoms with van der Waals surface area (Å²) in [6, 6.07) is -1.51. The van der Waals surface area contributed by atoms with Gasteiger partial charge in [0, 0.05) is 6.42 Å². The molecule has 0 spiro atoms. The van der Waals surface area contributed by atoms with E-state index in [1.165, 1.54) is 0 Å². The first-order chi connectivity index (χ1) is 6.78. The van der Waals surface area contributed by atoms with Crippen molar-refractivity contribution in [3.05, 3.63) is 0 Å². The fraction of sp³-hybridized carbons (Fsp3) is 0.571. The van der Waals surface area contributed by atoms with Gasteiger partial charge >= 0.3 is 6.18 Å². The smallest absolute Gasteiger partial charge is 0.363 e. The largest absolute Gasteiger partial charge is 0.389 e. The predicted octanol–water partition coefficient (Wildman–Crippen LogP) is -0.502. The third-order valence-electron chi connectivity index (χ3n) is 1.55. The summed E-state index contributed by atoms with van der Waals surface area (Å²) in [5.74, 6) is -2.62. The highest BCUT2D eigenvalue weighted by molar-refractivity contribution is 6.37. The van der Waals surface area contributed by atoms with Gasteiger partial charge in [-0.15, -0.1) is 0 Å². The minimum atomic E-state index is -4.46. The third kappa shape index (κ3) is 5.66. The highest BCUT2D eigenvalue weighted by Crippen LogP contribution is 2.22. The number of carbonyl (C=O) groups is 3. The Hall–Kier alpha value is -1.60. The van der Waals surface area contributed by atoms with Gasteiger partial charge in [-0.1, -0.05) is 0 Å². The molecule has 0 fully saturated rings. The molecule has 0 rings (SSSR count). The van der Waals surface area contributed by atoms with E-state index in [0.29, 0.717) is 0 Å². The van der Waals surface area contributed by atoms with Crippen molar-refractivity contribution in [3.63, 3.8) is 0 Å². The van der Waals surface area contributed by atoms with Gasteiger partial charge in [0.15, 0.2) is 0 Å². The van der Waals surface area contributed by atoms with E-state index in [0.717, 1.165) is 0 Å². The van der Waals surface area contributed by atoms with E-state index in [1.54, 1.807) is 5.32 Å². The zero-order valence-corrected chi connectivity index (χ0v) is 7.50. The number of alkyl halides is 3. The molecule has 3 N–H and O–H groups in total. The number of ketones is 1. The Morgan fingerprint density at radius 1 is 1.40 bits per heavy atom. The highest BCUT2D eigenvalue weighted by Gasteiger charge is 2.31. The molecule has 86 valence electrons. The highest BCUT2D eigenvalue weighted by atomic mass is 19.4. The molecule has 0 saturated heterocycles. The molecule has 0 aliphatic carbocycles. The summed E-state index contributed by atoms with van der Waals surface area (Å²) >= 11 is 0. The van der Waals surface area contributed by atoms with Gasteiger partial charge in [-0.3, -0.25) is 14.4 Å². The third-order valence-corrected chi connectivity index (χ3v) is 1.55. The fourth-order valence-corrected chi connectivity index (χ4v) is 0.852. The number of Topliss-reactive ketones (excluding diaryl/α,β-unsaturated/α-hetero) is 1. The lowest BCUT2D eigenvalue weighted by atomic mass is 10.1.